The number of benzene rings is 1. The van der Waals surface area contributed by atoms with Crippen LogP contribution in [0.4, 0.5) is 5.69 Å². The number of anilines is 1. The monoisotopic (exact) mass is 325 g/mol. The zero-order valence-electron chi connectivity index (χ0n) is 14.1. The molecule has 24 heavy (non-hydrogen) atoms. The van der Waals surface area contributed by atoms with Crippen molar-refractivity contribution in [3.8, 4) is 0 Å². The second kappa shape index (κ2) is 6.59. The number of rotatable bonds is 6. The Morgan fingerprint density at radius 3 is 2.62 bits per heavy atom. The first-order valence-electron chi connectivity index (χ1n) is 8.46. The SMILES string of the molecule is CC(C)CCNC(=O)C1(C(=O)Nc2cccc3cccnc23)CC1. The molecule has 0 radical (unpaired) electrons. The molecule has 1 heterocycles. The van der Waals surface area contributed by atoms with Crippen LogP contribution in [-0.4, -0.2) is 23.3 Å². The molecule has 0 saturated heterocycles. The molecule has 1 aliphatic rings. The number of aromatic nitrogens is 1. The van der Waals surface area contributed by atoms with Gasteiger partial charge in [-0.2, -0.15) is 0 Å². The Balaban J connectivity index is 1.71. The first-order valence-corrected chi connectivity index (χ1v) is 8.46. The maximum Gasteiger partial charge on any atom is 0.240 e. The second-order valence-electron chi connectivity index (χ2n) is 6.86. The lowest BCUT2D eigenvalue weighted by Crippen LogP contribution is -2.40. The fourth-order valence-corrected chi connectivity index (χ4v) is 2.77. The summed E-state index contributed by atoms with van der Waals surface area (Å²) in [7, 11) is 0. The van der Waals surface area contributed by atoms with Gasteiger partial charge in [0.25, 0.3) is 0 Å². The van der Waals surface area contributed by atoms with Gasteiger partial charge in [0, 0.05) is 18.1 Å². The summed E-state index contributed by atoms with van der Waals surface area (Å²) in [5, 5.41) is 6.77. The summed E-state index contributed by atoms with van der Waals surface area (Å²) in [6.45, 7) is 4.83. The summed E-state index contributed by atoms with van der Waals surface area (Å²) < 4.78 is 0. The molecule has 0 atom stereocenters. The van der Waals surface area contributed by atoms with Crippen molar-refractivity contribution in [2.45, 2.75) is 33.1 Å². The number of nitrogens with one attached hydrogen (secondary N) is 2. The van der Waals surface area contributed by atoms with E-state index in [2.05, 4.69) is 29.5 Å². The molecule has 3 rings (SSSR count). The van der Waals surface area contributed by atoms with Crippen LogP contribution in [0.2, 0.25) is 0 Å². The van der Waals surface area contributed by atoms with Crippen molar-refractivity contribution in [2.24, 2.45) is 11.3 Å². The average Bonchev–Trinajstić information content (AvgIpc) is 3.37. The van der Waals surface area contributed by atoms with Crippen LogP contribution >= 0.6 is 0 Å². The lowest BCUT2D eigenvalue weighted by atomic mass is 10.0. The van der Waals surface area contributed by atoms with Gasteiger partial charge in [-0.1, -0.05) is 32.0 Å². The van der Waals surface area contributed by atoms with Crippen molar-refractivity contribution in [1.29, 1.82) is 0 Å². The van der Waals surface area contributed by atoms with E-state index in [0.29, 0.717) is 31.0 Å². The molecule has 1 aromatic carbocycles. The molecule has 0 spiro atoms. The lowest BCUT2D eigenvalue weighted by molar-refractivity contribution is -0.134. The Morgan fingerprint density at radius 1 is 1.17 bits per heavy atom. The molecule has 126 valence electrons. The number of hydrogen-bond acceptors (Lipinski definition) is 3. The van der Waals surface area contributed by atoms with Gasteiger partial charge >= 0.3 is 0 Å². The molecule has 0 bridgehead atoms. The standard InChI is InChI=1S/C19H23N3O2/c1-13(2)8-12-21-17(23)19(9-10-19)18(24)22-15-7-3-5-14-6-4-11-20-16(14)15/h3-7,11,13H,8-10,12H2,1-2H3,(H,21,23)(H,22,24). The van der Waals surface area contributed by atoms with Crippen LogP contribution in [0, 0.1) is 11.3 Å². The van der Waals surface area contributed by atoms with Crippen molar-refractivity contribution in [2.75, 3.05) is 11.9 Å². The van der Waals surface area contributed by atoms with Crippen molar-refractivity contribution in [1.82, 2.24) is 10.3 Å². The highest BCUT2D eigenvalue weighted by molar-refractivity contribution is 6.14. The molecule has 2 aromatic rings. The number of hydrogen-bond donors (Lipinski definition) is 2. The Kier molecular flexibility index (Phi) is 4.51. The van der Waals surface area contributed by atoms with E-state index < -0.39 is 5.41 Å². The van der Waals surface area contributed by atoms with Gasteiger partial charge in [-0.15, -0.1) is 0 Å². The minimum absolute atomic E-state index is 0.158. The van der Waals surface area contributed by atoms with Gasteiger partial charge in [0.15, 0.2) is 0 Å². The fourth-order valence-electron chi connectivity index (χ4n) is 2.77. The molecule has 0 unspecified atom stereocenters. The van der Waals surface area contributed by atoms with Crippen LogP contribution in [0.3, 0.4) is 0 Å². The molecule has 1 fully saturated rings. The molecule has 2 amide bonds. The van der Waals surface area contributed by atoms with Gasteiger partial charge in [0.2, 0.25) is 11.8 Å². The summed E-state index contributed by atoms with van der Waals surface area (Å²) >= 11 is 0. The van der Waals surface area contributed by atoms with Crippen LogP contribution in [0.15, 0.2) is 36.5 Å². The predicted molar refractivity (Wildman–Crippen MR) is 94.5 cm³/mol. The van der Waals surface area contributed by atoms with Gasteiger partial charge in [0.05, 0.1) is 11.2 Å². The van der Waals surface area contributed by atoms with E-state index in [1.807, 2.05) is 30.3 Å². The van der Waals surface area contributed by atoms with Gasteiger partial charge < -0.3 is 10.6 Å². The molecule has 1 aliphatic carbocycles. The molecule has 0 aliphatic heterocycles. The first kappa shape index (κ1) is 16.4. The van der Waals surface area contributed by atoms with Crippen LogP contribution in [0.5, 0.6) is 0 Å². The van der Waals surface area contributed by atoms with Crippen LogP contribution in [0.25, 0.3) is 10.9 Å². The third kappa shape index (κ3) is 3.25. The molecule has 1 saturated carbocycles. The van der Waals surface area contributed by atoms with Gasteiger partial charge in [-0.25, -0.2) is 0 Å². The number of pyridine rings is 1. The molecule has 1 aromatic heterocycles. The number of nitrogens with zero attached hydrogens (tertiary/aromatic N) is 1. The molecule has 5 heteroatoms. The Bertz CT molecular complexity index is 761. The highest BCUT2D eigenvalue weighted by Crippen LogP contribution is 2.47. The van der Waals surface area contributed by atoms with Crippen molar-refractivity contribution in [3.63, 3.8) is 0 Å². The quantitative estimate of drug-likeness (QED) is 0.802. The fraction of sp³-hybridized carbons (Fsp3) is 0.421. The Morgan fingerprint density at radius 2 is 1.92 bits per heavy atom. The largest absolute Gasteiger partial charge is 0.355 e. The van der Waals surface area contributed by atoms with E-state index in [1.165, 1.54) is 0 Å². The number of carbonyl (C=O) groups excluding carboxylic acids is 2. The summed E-state index contributed by atoms with van der Waals surface area (Å²) in [4.78, 5) is 29.4. The minimum Gasteiger partial charge on any atom is -0.355 e. The number of para-hydroxylation sites is 1. The summed E-state index contributed by atoms with van der Waals surface area (Å²) in [6, 6.07) is 9.45. The lowest BCUT2D eigenvalue weighted by Gasteiger charge is -2.16. The Hall–Kier alpha value is -2.43. The van der Waals surface area contributed by atoms with E-state index >= 15 is 0 Å². The van der Waals surface area contributed by atoms with E-state index in [9.17, 15) is 9.59 Å². The van der Waals surface area contributed by atoms with Crippen molar-refractivity contribution in [3.05, 3.63) is 36.5 Å². The van der Waals surface area contributed by atoms with Crippen molar-refractivity contribution >= 4 is 28.4 Å². The van der Waals surface area contributed by atoms with Crippen molar-refractivity contribution < 1.29 is 9.59 Å². The molecule has 2 N–H and O–H groups in total. The normalized spacial score (nSPS) is 15.3. The topological polar surface area (TPSA) is 71.1 Å². The van der Waals surface area contributed by atoms with E-state index in [0.717, 1.165) is 17.3 Å². The van der Waals surface area contributed by atoms with Crippen LogP contribution in [0.1, 0.15) is 33.1 Å². The summed E-state index contributed by atoms with van der Waals surface area (Å²) in [6.07, 6.45) is 3.81. The maximum absolute atomic E-state index is 12.7. The number of carbonyl (C=O) groups is 2. The maximum atomic E-state index is 12.7. The van der Waals surface area contributed by atoms with Gasteiger partial charge in [0.1, 0.15) is 5.41 Å². The van der Waals surface area contributed by atoms with E-state index in [4.69, 9.17) is 0 Å². The molecular weight excluding hydrogens is 302 g/mol. The predicted octanol–water partition coefficient (Wildman–Crippen LogP) is 3.12. The highest BCUT2D eigenvalue weighted by Gasteiger charge is 2.56. The molecule has 5 nitrogen and oxygen atoms in total. The first-order chi connectivity index (χ1) is 11.5. The third-order valence-electron chi connectivity index (χ3n) is 4.51. The van der Waals surface area contributed by atoms with Crippen LogP contribution in [-0.2, 0) is 9.59 Å². The smallest absolute Gasteiger partial charge is 0.240 e. The number of amides is 2. The van der Waals surface area contributed by atoms with E-state index in [-0.39, 0.29) is 11.8 Å². The second-order valence-corrected chi connectivity index (χ2v) is 6.86. The summed E-state index contributed by atoms with van der Waals surface area (Å²) in [5.41, 5.74) is 0.484. The summed E-state index contributed by atoms with van der Waals surface area (Å²) in [5.74, 6) is 0.132. The van der Waals surface area contributed by atoms with Gasteiger partial charge in [-0.3, -0.25) is 14.6 Å². The minimum atomic E-state index is -0.909. The number of fused-ring (bicyclic) bond motifs is 1. The Labute approximate surface area is 141 Å². The highest BCUT2D eigenvalue weighted by atomic mass is 16.2. The molecular formula is C19H23N3O2. The zero-order chi connectivity index (χ0) is 17.2. The van der Waals surface area contributed by atoms with Gasteiger partial charge in [-0.05, 0) is 37.3 Å². The van der Waals surface area contributed by atoms with E-state index in [1.54, 1.807) is 6.20 Å². The zero-order valence-corrected chi connectivity index (χ0v) is 14.1. The third-order valence-corrected chi connectivity index (χ3v) is 4.51. The average molecular weight is 325 g/mol. The van der Waals surface area contributed by atoms with Crippen LogP contribution < -0.4 is 10.6 Å².